The highest BCUT2D eigenvalue weighted by Crippen LogP contribution is 2.30. The van der Waals surface area contributed by atoms with E-state index in [1.54, 1.807) is 6.92 Å². The summed E-state index contributed by atoms with van der Waals surface area (Å²) < 4.78 is 39.7. The fraction of sp³-hybridized carbons (Fsp3) is 0.133. The Kier molecular flexibility index (Phi) is 5.19. The number of hydrogen-bond acceptors (Lipinski definition) is 6. The van der Waals surface area contributed by atoms with Crippen LogP contribution in [0.25, 0.3) is 0 Å². The first kappa shape index (κ1) is 18.8. The Morgan fingerprint density at radius 3 is 2.15 bits per heavy atom. The molecule has 2 rings (SSSR count). The van der Waals surface area contributed by atoms with Gasteiger partial charge in [0.05, 0.1) is 15.9 Å². The van der Waals surface area contributed by atoms with Crippen LogP contribution in [0.2, 0.25) is 0 Å². The fourth-order valence-electron chi connectivity index (χ4n) is 2.00. The minimum atomic E-state index is -4.82. The lowest BCUT2D eigenvalue weighted by Crippen LogP contribution is -2.25. The van der Waals surface area contributed by atoms with Gasteiger partial charge in [-0.15, -0.1) is 0 Å². The Labute approximate surface area is 144 Å². The molecule has 0 bridgehead atoms. The first-order valence-electron chi connectivity index (χ1n) is 7.00. The van der Waals surface area contributed by atoms with Gasteiger partial charge < -0.3 is 0 Å². The molecule has 2 aromatic rings. The maximum Gasteiger partial charge on any atom is 0.435 e. The number of nitrogens with one attached hydrogen (secondary N) is 1. The van der Waals surface area contributed by atoms with Crippen LogP contribution < -0.4 is 5.43 Å². The number of anilines is 1. The lowest BCUT2D eigenvalue weighted by molar-refractivity contribution is -0.393. The molecule has 0 aliphatic rings. The Hall–Kier alpha value is -3.50. The predicted octanol–water partition coefficient (Wildman–Crippen LogP) is 4.19. The van der Waals surface area contributed by atoms with Crippen molar-refractivity contribution in [2.24, 2.45) is 5.10 Å². The molecule has 0 radical (unpaired) electrons. The van der Waals surface area contributed by atoms with E-state index in [9.17, 15) is 33.4 Å². The van der Waals surface area contributed by atoms with Gasteiger partial charge in [-0.3, -0.25) is 25.7 Å². The summed E-state index contributed by atoms with van der Waals surface area (Å²) in [5, 5.41) is 25.0. The van der Waals surface area contributed by atoms with E-state index in [4.69, 9.17) is 0 Å². The topological polar surface area (TPSA) is 111 Å². The van der Waals surface area contributed by atoms with Gasteiger partial charge in [-0.05, 0) is 13.0 Å². The van der Waals surface area contributed by atoms with Crippen molar-refractivity contribution >= 4 is 22.8 Å². The molecule has 0 fully saturated rings. The Balaban J connectivity index is 2.45. The quantitative estimate of drug-likeness (QED) is 0.483. The summed E-state index contributed by atoms with van der Waals surface area (Å²) in [6, 6.07) is 7.83. The molecular formula is C15H11F3N4O4. The van der Waals surface area contributed by atoms with Crippen LogP contribution in [-0.4, -0.2) is 21.7 Å². The third kappa shape index (κ3) is 4.32. The number of hydrogen-bond donors (Lipinski definition) is 1. The van der Waals surface area contributed by atoms with E-state index in [0.717, 1.165) is 17.7 Å². The standard InChI is InChI=1S/C15H11F3N4O4/c1-9-2-4-10(5-3-9)14(15(16,17)18)20-19-12-7-6-11(21(23)24)8-13(12)22(25)26/h2-8,19H,1H3. The molecule has 0 amide bonds. The lowest BCUT2D eigenvalue weighted by Gasteiger charge is -2.11. The number of alkyl halides is 3. The van der Waals surface area contributed by atoms with Gasteiger partial charge >= 0.3 is 11.9 Å². The van der Waals surface area contributed by atoms with Crippen LogP contribution in [0, 0.1) is 27.2 Å². The smallest absolute Gasteiger partial charge is 0.271 e. The van der Waals surface area contributed by atoms with Crippen LogP contribution in [0.1, 0.15) is 11.1 Å². The fourth-order valence-corrected chi connectivity index (χ4v) is 2.00. The third-order valence-electron chi connectivity index (χ3n) is 3.27. The zero-order chi connectivity index (χ0) is 19.5. The normalized spacial score (nSPS) is 11.9. The molecule has 0 aromatic heterocycles. The first-order valence-corrected chi connectivity index (χ1v) is 7.00. The number of halogens is 3. The van der Waals surface area contributed by atoms with E-state index in [2.05, 4.69) is 5.10 Å². The van der Waals surface area contributed by atoms with Gasteiger partial charge in [0.2, 0.25) is 0 Å². The van der Waals surface area contributed by atoms with Crippen molar-refractivity contribution in [3.05, 3.63) is 73.8 Å². The highest BCUT2D eigenvalue weighted by molar-refractivity contribution is 6.05. The number of nitrogens with zero attached hydrogens (tertiary/aromatic N) is 3. The van der Waals surface area contributed by atoms with Crippen LogP contribution in [0.4, 0.5) is 30.2 Å². The Morgan fingerprint density at radius 1 is 1.04 bits per heavy atom. The number of nitro groups is 2. The van der Waals surface area contributed by atoms with E-state index in [0.29, 0.717) is 6.07 Å². The Bertz CT molecular complexity index is 879. The SMILES string of the molecule is Cc1ccc(C(=NNc2ccc([N+](=O)[O-])cc2[N+](=O)[O-])C(F)(F)F)cc1. The van der Waals surface area contributed by atoms with Gasteiger partial charge in [0.15, 0.2) is 5.71 Å². The summed E-state index contributed by atoms with van der Waals surface area (Å²) in [6.45, 7) is 1.70. The molecule has 2 aromatic carbocycles. The van der Waals surface area contributed by atoms with E-state index in [1.807, 2.05) is 5.43 Å². The average molecular weight is 368 g/mol. The first-order chi connectivity index (χ1) is 12.1. The molecular weight excluding hydrogens is 357 g/mol. The third-order valence-corrected chi connectivity index (χ3v) is 3.27. The minimum absolute atomic E-state index is 0.236. The van der Waals surface area contributed by atoms with E-state index in [-0.39, 0.29) is 5.56 Å². The summed E-state index contributed by atoms with van der Waals surface area (Å²) in [6.07, 6.45) is -4.82. The van der Waals surface area contributed by atoms with Crippen molar-refractivity contribution in [2.75, 3.05) is 5.43 Å². The highest BCUT2D eigenvalue weighted by Gasteiger charge is 2.37. The molecule has 0 saturated heterocycles. The molecule has 1 N–H and O–H groups in total. The molecule has 26 heavy (non-hydrogen) atoms. The molecule has 0 heterocycles. The van der Waals surface area contributed by atoms with Crippen molar-refractivity contribution < 1.29 is 23.0 Å². The molecule has 0 saturated carbocycles. The van der Waals surface area contributed by atoms with Gasteiger partial charge in [0.25, 0.3) is 5.69 Å². The molecule has 0 aliphatic carbocycles. The van der Waals surface area contributed by atoms with Crippen LogP contribution in [0.5, 0.6) is 0 Å². The number of rotatable bonds is 5. The van der Waals surface area contributed by atoms with Crippen molar-refractivity contribution in [3.8, 4) is 0 Å². The number of benzene rings is 2. The average Bonchev–Trinajstić information content (AvgIpc) is 2.55. The van der Waals surface area contributed by atoms with Crippen molar-refractivity contribution in [1.29, 1.82) is 0 Å². The van der Waals surface area contributed by atoms with Crippen LogP contribution in [0.3, 0.4) is 0 Å². The zero-order valence-electron chi connectivity index (χ0n) is 13.1. The summed E-state index contributed by atoms with van der Waals surface area (Å²) >= 11 is 0. The van der Waals surface area contributed by atoms with Crippen molar-refractivity contribution in [3.63, 3.8) is 0 Å². The molecule has 11 heteroatoms. The molecule has 0 spiro atoms. The van der Waals surface area contributed by atoms with Gasteiger partial charge in [0, 0.05) is 11.6 Å². The van der Waals surface area contributed by atoms with E-state index >= 15 is 0 Å². The predicted molar refractivity (Wildman–Crippen MR) is 87.1 cm³/mol. The highest BCUT2D eigenvalue weighted by atomic mass is 19.4. The largest absolute Gasteiger partial charge is 0.435 e. The monoisotopic (exact) mass is 368 g/mol. The van der Waals surface area contributed by atoms with Crippen molar-refractivity contribution in [1.82, 2.24) is 0 Å². The molecule has 0 aliphatic heterocycles. The van der Waals surface area contributed by atoms with Gasteiger partial charge in [0.1, 0.15) is 5.69 Å². The summed E-state index contributed by atoms with van der Waals surface area (Å²) in [7, 11) is 0. The van der Waals surface area contributed by atoms with Gasteiger partial charge in [-0.2, -0.15) is 18.3 Å². The molecule has 8 nitrogen and oxygen atoms in total. The summed E-state index contributed by atoms with van der Waals surface area (Å²) in [4.78, 5) is 19.9. The number of nitro benzene ring substituents is 2. The van der Waals surface area contributed by atoms with E-state index < -0.39 is 38.8 Å². The maximum atomic E-state index is 13.2. The van der Waals surface area contributed by atoms with Crippen LogP contribution >= 0.6 is 0 Å². The molecule has 0 unspecified atom stereocenters. The number of hydrazone groups is 1. The molecule has 136 valence electrons. The minimum Gasteiger partial charge on any atom is -0.271 e. The maximum absolute atomic E-state index is 13.2. The lowest BCUT2D eigenvalue weighted by atomic mass is 10.1. The Morgan fingerprint density at radius 2 is 1.65 bits per heavy atom. The number of aryl methyl sites for hydroxylation is 1. The van der Waals surface area contributed by atoms with Crippen LogP contribution in [-0.2, 0) is 0 Å². The van der Waals surface area contributed by atoms with Crippen LogP contribution in [0.15, 0.2) is 47.6 Å². The van der Waals surface area contributed by atoms with Crippen molar-refractivity contribution in [2.45, 2.75) is 13.1 Å². The summed E-state index contributed by atoms with van der Waals surface area (Å²) in [5.74, 6) is 0. The second-order valence-corrected chi connectivity index (χ2v) is 5.15. The second kappa shape index (κ2) is 7.17. The molecule has 0 atom stereocenters. The van der Waals surface area contributed by atoms with Gasteiger partial charge in [-0.25, -0.2) is 0 Å². The number of non-ortho nitro benzene ring substituents is 1. The van der Waals surface area contributed by atoms with Gasteiger partial charge in [-0.1, -0.05) is 29.8 Å². The zero-order valence-corrected chi connectivity index (χ0v) is 13.1. The second-order valence-electron chi connectivity index (χ2n) is 5.15. The van der Waals surface area contributed by atoms with E-state index in [1.165, 1.54) is 24.3 Å². The summed E-state index contributed by atoms with van der Waals surface area (Å²) in [5.41, 5.74) is -0.541.